The molecule has 0 aliphatic carbocycles. The Morgan fingerprint density at radius 1 is 1.19 bits per heavy atom. The third kappa shape index (κ3) is 4.03. The van der Waals surface area contributed by atoms with Gasteiger partial charge in [-0.3, -0.25) is 0 Å². The molecule has 0 radical (unpaired) electrons. The first-order valence-corrected chi connectivity index (χ1v) is 8.10. The van der Waals surface area contributed by atoms with Crippen molar-refractivity contribution in [3.05, 3.63) is 16.6 Å². The first-order chi connectivity index (χ1) is 10.2. The number of nitrogens with zero attached hydrogens (tertiary/aromatic N) is 1. The quantitative estimate of drug-likeness (QED) is 0.870. The molecule has 2 amide bonds. The van der Waals surface area contributed by atoms with Crippen LogP contribution in [0.15, 0.2) is 16.6 Å². The van der Waals surface area contributed by atoms with E-state index in [1.54, 1.807) is 6.07 Å². The topological polar surface area (TPSA) is 50.8 Å². The van der Waals surface area contributed by atoms with Crippen molar-refractivity contribution in [1.82, 2.24) is 4.90 Å². The molecule has 1 N–H and O–H groups in total. The van der Waals surface area contributed by atoms with Crippen molar-refractivity contribution in [2.24, 2.45) is 0 Å². The maximum atomic E-state index is 12.3. The van der Waals surface area contributed by atoms with Gasteiger partial charge in [0.2, 0.25) is 0 Å². The van der Waals surface area contributed by atoms with Crippen LogP contribution in [0.2, 0.25) is 0 Å². The molecule has 0 atom stereocenters. The zero-order valence-corrected chi connectivity index (χ0v) is 14.0. The number of hydrogen-bond donors (Lipinski definition) is 1. The molecule has 0 spiro atoms. The van der Waals surface area contributed by atoms with Gasteiger partial charge in [-0.2, -0.15) is 0 Å². The number of rotatable bonds is 5. The molecule has 0 aromatic heterocycles. The van der Waals surface area contributed by atoms with Crippen LogP contribution in [0.1, 0.15) is 26.7 Å². The molecule has 1 aliphatic heterocycles. The SMILES string of the molecule is CCCN(CCC)C(=O)Nc1cc2c(cc1Br)OCCO2. The van der Waals surface area contributed by atoms with Crippen molar-refractivity contribution in [3.63, 3.8) is 0 Å². The average Bonchev–Trinajstić information content (AvgIpc) is 2.47. The maximum Gasteiger partial charge on any atom is 0.321 e. The predicted molar refractivity (Wildman–Crippen MR) is 86.3 cm³/mol. The van der Waals surface area contributed by atoms with E-state index in [4.69, 9.17) is 9.47 Å². The minimum absolute atomic E-state index is 0.0870. The van der Waals surface area contributed by atoms with E-state index in [9.17, 15) is 4.79 Å². The Hall–Kier alpha value is -1.43. The lowest BCUT2D eigenvalue weighted by molar-refractivity contribution is 0.171. The summed E-state index contributed by atoms with van der Waals surface area (Å²) in [5.74, 6) is 1.36. The van der Waals surface area contributed by atoms with E-state index in [0.29, 0.717) is 30.4 Å². The fourth-order valence-corrected chi connectivity index (χ4v) is 2.63. The summed E-state index contributed by atoms with van der Waals surface area (Å²) in [7, 11) is 0. The Kier molecular flexibility index (Phi) is 5.73. The van der Waals surface area contributed by atoms with Crippen LogP contribution in [0.5, 0.6) is 11.5 Å². The molecular formula is C15H21BrN2O3. The van der Waals surface area contributed by atoms with E-state index < -0.39 is 0 Å². The van der Waals surface area contributed by atoms with Crippen molar-refractivity contribution < 1.29 is 14.3 Å². The summed E-state index contributed by atoms with van der Waals surface area (Å²) < 4.78 is 11.8. The van der Waals surface area contributed by atoms with Crippen LogP contribution in [-0.4, -0.2) is 37.2 Å². The fraction of sp³-hybridized carbons (Fsp3) is 0.533. The minimum atomic E-state index is -0.0870. The highest BCUT2D eigenvalue weighted by Crippen LogP contribution is 2.38. The molecule has 0 unspecified atom stereocenters. The molecule has 0 fully saturated rings. The monoisotopic (exact) mass is 356 g/mol. The van der Waals surface area contributed by atoms with Crippen LogP contribution >= 0.6 is 15.9 Å². The van der Waals surface area contributed by atoms with Crippen LogP contribution in [-0.2, 0) is 0 Å². The zero-order chi connectivity index (χ0) is 15.2. The van der Waals surface area contributed by atoms with Crippen LogP contribution in [0.3, 0.4) is 0 Å². The largest absolute Gasteiger partial charge is 0.486 e. The van der Waals surface area contributed by atoms with Crippen molar-refractivity contribution in [2.75, 3.05) is 31.6 Å². The standard InChI is InChI=1S/C15H21BrN2O3/c1-3-5-18(6-4-2)15(19)17-12-10-14-13(9-11(12)16)20-7-8-21-14/h9-10H,3-8H2,1-2H3,(H,17,19). The Morgan fingerprint density at radius 2 is 1.76 bits per heavy atom. The first kappa shape index (κ1) is 15.9. The lowest BCUT2D eigenvalue weighted by Crippen LogP contribution is -2.36. The number of fused-ring (bicyclic) bond motifs is 1. The van der Waals surface area contributed by atoms with Gasteiger partial charge >= 0.3 is 6.03 Å². The molecule has 2 rings (SSSR count). The average molecular weight is 357 g/mol. The summed E-state index contributed by atoms with van der Waals surface area (Å²) >= 11 is 3.46. The molecule has 1 heterocycles. The number of benzene rings is 1. The normalized spacial score (nSPS) is 12.9. The molecular weight excluding hydrogens is 336 g/mol. The fourth-order valence-electron chi connectivity index (χ4n) is 2.21. The Balaban J connectivity index is 2.12. The van der Waals surface area contributed by atoms with Gasteiger partial charge in [0.25, 0.3) is 0 Å². The van der Waals surface area contributed by atoms with Gasteiger partial charge in [-0.25, -0.2) is 4.79 Å². The summed E-state index contributed by atoms with van der Waals surface area (Å²) in [6, 6.07) is 3.54. The van der Waals surface area contributed by atoms with Gasteiger partial charge in [0.15, 0.2) is 11.5 Å². The molecule has 116 valence electrons. The number of urea groups is 1. The van der Waals surface area contributed by atoms with E-state index >= 15 is 0 Å². The number of halogens is 1. The molecule has 6 heteroatoms. The van der Waals surface area contributed by atoms with Crippen LogP contribution < -0.4 is 14.8 Å². The summed E-state index contributed by atoms with van der Waals surface area (Å²) in [6.07, 6.45) is 1.88. The Labute approximate surface area is 133 Å². The lowest BCUT2D eigenvalue weighted by atomic mass is 10.2. The number of amides is 2. The van der Waals surface area contributed by atoms with Crippen molar-refractivity contribution >= 4 is 27.6 Å². The van der Waals surface area contributed by atoms with Gasteiger partial charge in [-0.1, -0.05) is 13.8 Å². The number of hydrogen-bond acceptors (Lipinski definition) is 3. The molecule has 0 saturated carbocycles. The lowest BCUT2D eigenvalue weighted by Gasteiger charge is -2.24. The summed E-state index contributed by atoms with van der Waals surface area (Å²) in [4.78, 5) is 14.2. The molecule has 0 bridgehead atoms. The van der Waals surface area contributed by atoms with E-state index in [1.165, 1.54) is 0 Å². The smallest absolute Gasteiger partial charge is 0.321 e. The van der Waals surface area contributed by atoms with Crippen molar-refractivity contribution in [1.29, 1.82) is 0 Å². The van der Waals surface area contributed by atoms with E-state index in [0.717, 1.165) is 30.4 Å². The van der Waals surface area contributed by atoms with Gasteiger partial charge in [-0.05, 0) is 28.8 Å². The van der Waals surface area contributed by atoms with E-state index in [2.05, 4.69) is 35.1 Å². The van der Waals surface area contributed by atoms with Crippen LogP contribution in [0, 0.1) is 0 Å². The molecule has 0 saturated heterocycles. The zero-order valence-electron chi connectivity index (χ0n) is 12.4. The third-order valence-electron chi connectivity index (χ3n) is 3.15. The number of carbonyl (C=O) groups is 1. The number of carbonyl (C=O) groups excluding carboxylic acids is 1. The highest BCUT2D eigenvalue weighted by Gasteiger charge is 2.18. The van der Waals surface area contributed by atoms with Gasteiger partial charge in [0.05, 0.1) is 5.69 Å². The highest BCUT2D eigenvalue weighted by molar-refractivity contribution is 9.10. The molecule has 1 aromatic carbocycles. The second-order valence-corrected chi connectivity index (χ2v) is 5.75. The molecule has 1 aromatic rings. The minimum Gasteiger partial charge on any atom is -0.486 e. The summed E-state index contributed by atoms with van der Waals surface area (Å²) in [6.45, 7) is 6.71. The van der Waals surface area contributed by atoms with Gasteiger partial charge in [0.1, 0.15) is 13.2 Å². The molecule has 1 aliphatic rings. The predicted octanol–water partition coefficient (Wildman–Crippen LogP) is 3.87. The Bertz CT molecular complexity index is 502. The number of ether oxygens (including phenoxy) is 2. The van der Waals surface area contributed by atoms with Gasteiger partial charge in [0, 0.05) is 29.7 Å². The second kappa shape index (κ2) is 7.54. The number of anilines is 1. The summed E-state index contributed by atoms with van der Waals surface area (Å²) in [5, 5.41) is 2.93. The van der Waals surface area contributed by atoms with E-state index in [1.807, 2.05) is 11.0 Å². The number of nitrogens with one attached hydrogen (secondary N) is 1. The van der Waals surface area contributed by atoms with Crippen molar-refractivity contribution in [3.8, 4) is 11.5 Å². The Morgan fingerprint density at radius 3 is 2.33 bits per heavy atom. The highest BCUT2D eigenvalue weighted by atomic mass is 79.9. The van der Waals surface area contributed by atoms with Crippen LogP contribution in [0.25, 0.3) is 0 Å². The van der Waals surface area contributed by atoms with Crippen molar-refractivity contribution in [2.45, 2.75) is 26.7 Å². The first-order valence-electron chi connectivity index (χ1n) is 7.30. The van der Waals surface area contributed by atoms with Gasteiger partial charge in [-0.15, -0.1) is 0 Å². The molecule has 21 heavy (non-hydrogen) atoms. The van der Waals surface area contributed by atoms with Gasteiger partial charge < -0.3 is 19.7 Å². The molecule has 5 nitrogen and oxygen atoms in total. The summed E-state index contributed by atoms with van der Waals surface area (Å²) in [5.41, 5.74) is 0.696. The second-order valence-electron chi connectivity index (χ2n) is 4.89. The maximum absolute atomic E-state index is 12.3. The third-order valence-corrected chi connectivity index (χ3v) is 3.80. The van der Waals surface area contributed by atoms with E-state index in [-0.39, 0.29) is 6.03 Å². The van der Waals surface area contributed by atoms with Crippen LogP contribution in [0.4, 0.5) is 10.5 Å².